The van der Waals surface area contributed by atoms with Crippen molar-refractivity contribution in [2.24, 2.45) is 17.6 Å². The number of amides is 1. The Bertz CT molecular complexity index is 565. The number of carbonyl (C=O) groups is 1. The first-order chi connectivity index (χ1) is 10.5. The highest BCUT2D eigenvalue weighted by Crippen LogP contribution is 2.39. The number of hydrogen-bond donors (Lipinski definition) is 2. The zero-order valence-electron chi connectivity index (χ0n) is 12.8. The number of nitrogens with one attached hydrogen (secondary N) is 1. The Labute approximate surface area is 140 Å². The van der Waals surface area contributed by atoms with Gasteiger partial charge in [-0.1, -0.05) is 6.42 Å². The molecule has 0 aromatic carbocycles. The van der Waals surface area contributed by atoms with Gasteiger partial charge in [0.25, 0.3) is 0 Å². The van der Waals surface area contributed by atoms with Gasteiger partial charge in [0.15, 0.2) is 0 Å². The van der Waals surface area contributed by atoms with Crippen molar-refractivity contribution >= 4 is 24.1 Å². The van der Waals surface area contributed by atoms with Crippen LogP contribution in [-0.2, 0) is 11.3 Å². The first-order valence-electron chi connectivity index (χ1n) is 7.75. The van der Waals surface area contributed by atoms with Gasteiger partial charge in [-0.05, 0) is 42.4 Å². The van der Waals surface area contributed by atoms with Gasteiger partial charge in [0.2, 0.25) is 5.91 Å². The molecule has 2 aliphatic carbocycles. The van der Waals surface area contributed by atoms with E-state index in [4.69, 9.17) is 5.73 Å². The van der Waals surface area contributed by atoms with Crippen molar-refractivity contribution in [3.63, 3.8) is 0 Å². The van der Waals surface area contributed by atoms with E-state index in [1.54, 1.807) is 0 Å². The third-order valence-electron chi connectivity index (χ3n) is 4.82. The Morgan fingerprint density at radius 1 is 1.43 bits per heavy atom. The maximum atomic E-state index is 12.2. The normalized spacial score (nSPS) is 29.4. The minimum absolute atomic E-state index is 0. The average Bonchev–Trinajstić information content (AvgIpc) is 2.88. The van der Waals surface area contributed by atoms with E-state index in [0.29, 0.717) is 11.8 Å². The summed E-state index contributed by atoms with van der Waals surface area (Å²) in [6, 6.07) is 1.73. The topological polar surface area (TPSA) is 116 Å². The fraction of sp³-hybridized carbons (Fsp3) is 0.714. The third kappa shape index (κ3) is 4.00. The van der Waals surface area contributed by atoms with E-state index in [1.165, 1.54) is 23.4 Å². The molecule has 0 radical (unpaired) electrons. The van der Waals surface area contributed by atoms with E-state index in [2.05, 4.69) is 10.4 Å². The third-order valence-corrected chi connectivity index (χ3v) is 4.82. The van der Waals surface area contributed by atoms with Gasteiger partial charge < -0.3 is 21.2 Å². The molecule has 2 saturated carbocycles. The molecule has 1 amide bonds. The molecule has 2 fully saturated rings. The van der Waals surface area contributed by atoms with E-state index in [1.807, 2.05) is 0 Å². The number of rotatable bonds is 4. The second-order valence-electron chi connectivity index (χ2n) is 6.40. The molecule has 1 heterocycles. The van der Waals surface area contributed by atoms with Crippen LogP contribution in [-0.4, -0.2) is 32.7 Å². The van der Waals surface area contributed by atoms with Crippen molar-refractivity contribution < 1.29 is 9.72 Å². The minimum Gasteiger partial charge on any atom is -0.358 e. The number of nitrogens with two attached hydrogens (primary N) is 1. The second-order valence-corrected chi connectivity index (χ2v) is 6.40. The quantitative estimate of drug-likeness (QED) is 0.630. The number of aromatic nitrogens is 2. The standard InChI is InChI=1S/C14H21N5O3.ClH/c15-11-6-9-2-1-3-10(7-11)14(9)16-13(20)8-18-5-4-12(17-18)19(21)22;/h4-5,9-11,14H,1-3,6-8,15H2,(H,16,20);1H. The monoisotopic (exact) mass is 343 g/mol. The molecule has 0 spiro atoms. The van der Waals surface area contributed by atoms with Gasteiger partial charge in [0.1, 0.15) is 6.54 Å². The highest BCUT2D eigenvalue weighted by molar-refractivity contribution is 5.85. The fourth-order valence-electron chi connectivity index (χ4n) is 3.94. The second kappa shape index (κ2) is 7.27. The van der Waals surface area contributed by atoms with Gasteiger partial charge in [-0.25, -0.2) is 0 Å². The van der Waals surface area contributed by atoms with Crippen LogP contribution in [0.1, 0.15) is 32.1 Å². The van der Waals surface area contributed by atoms with Crippen molar-refractivity contribution in [1.82, 2.24) is 15.1 Å². The van der Waals surface area contributed by atoms with Crippen LogP contribution in [0.15, 0.2) is 12.3 Å². The van der Waals surface area contributed by atoms with Gasteiger partial charge in [-0.3, -0.25) is 4.79 Å². The van der Waals surface area contributed by atoms with Crippen LogP contribution < -0.4 is 11.1 Å². The minimum atomic E-state index is -0.568. The summed E-state index contributed by atoms with van der Waals surface area (Å²) >= 11 is 0. The predicted octanol–water partition coefficient (Wildman–Crippen LogP) is 1.24. The molecule has 23 heavy (non-hydrogen) atoms. The molecule has 0 aliphatic heterocycles. The molecule has 3 N–H and O–H groups in total. The lowest BCUT2D eigenvalue weighted by Gasteiger charge is -2.45. The van der Waals surface area contributed by atoms with Gasteiger partial charge in [0, 0.05) is 12.1 Å². The van der Waals surface area contributed by atoms with Crippen LogP contribution in [0.25, 0.3) is 0 Å². The van der Waals surface area contributed by atoms with E-state index >= 15 is 0 Å². The maximum absolute atomic E-state index is 12.2. The van der Waals surface area contributed by atoms with Crippen molar-refractivity contribution in [3.8, 4) is 0 Å². The van der Waals surface area contributed by atoms with Crippen molar-refractivity contribution in [3.05, 3.63) is 22.4 Å². The average molecular weight is 344 g/mol. The van der Waals surface area contributed by atoms with Crippen molar-refractivity contribution in [2.45, 2.75) is 50.7 Å². The number of carbonyl (C=O) groups excluding carboxylic acids is 1. The maximum Gasteiger partial charge on any atom is 0.389 e. The van der Waals surface area contributed by atoms with Crippen LogP contribution in [0.5, 0.6) is 0 Å². The van der Waals surface area contributed by atoms with Gasteiger partial charge in [-0.2, -0.15) is 4.68 Å². The molecular weight excluding hydrogens is 322 g/mol. The molecule has 1 aromatic heterocycles. The Morgan fingerprint density at radius 2 is 2.09 bits per heavy atom. The largest absolute Gasteiger partial charge is 0.389 e. The predicted molar refractivity (Wildman–Crippen MR) is 86.1 cm³/mol. The number of hydrogen-bond acceptors (Lipinski definition) is 5. The number of halogens is 1. The molecule has 2 aliphatic rings. The molecule has 128 valence electrons. The van der Waals surface area contributed by atoms with Crippen LogP contribution in [0.3, 0.4) is 0 Å². The van der Waals surface area contributed by atoms with Crippen molar-refractivity contribution in [2.75, 3.05) is 0 Å². The smallest absolute Gasteiger partial charge is 0.358 e. The summed E-state index contributed by atoms with van der Waals surface area (Å²) < 4.78 is 1.30. The summed E-state index contributed by atoms with van der Waals surface area (Å²) in [5, 5.41) is 17.5. The SMILES string of the molecule is Cl.NC1CC2CCCC(C1)C2NC(=O)Cn1ccc([N+](=O)[O-])n1. The van der Waals surface area contributed by atoms with Gasteiger partial charge in [-0.15, -0.1) is 12.4 Å². The summed E-state index contributed by atoms with van der Waals surface area (Å²) in [5.41, 5.74) is 6.08. The Balaban J connectivity index is 0.00000192. The molecule has 2 unspecified atom stereocenters. The summed E-state index contributed by atoms with van der Waals surface area (Å²) in [5.74, 6) is 0.528. The molecule has 3 rings (SSSR count). The lowest BCUT2D eigenvalue weighted by atomic mass is 9.67. The number of nitrogens with zero attached hydrogens (tertiary/aromatic N) is 3. The van der Waals surface area contributed by atoms with Gasteiger partial charge in [0.05, 0.1) is 17.4 Å². The zero-order chi connectivity index (χ0) is 15.7. The van der Waals surface area contributed by atoms with E-state index in [9.17, 15) is 14.9 Å². The molecule has 9 heteroatoms. The summed E-state index contributed by atoms with van der Waals surface area (Å²) in [6.45, 7) is 0.00976. The zero-order valence-corrected chi connectivity index (χ0v) is 13.6. The highest BCUT2D eigenvalue weighted by atomic mass is 35.5. The summed E-state index contributed by atoms with van der Waals surface area (Å²) in [4.78, 5) is 22.2. The van der Waals surface area contributed by atoms with Crippen LogP contribution in [0.2, 0.25) is 0 Å². The first-order valence-corrected chi connectivity index (χ1v) is 7.75. The summed E-state index contributed by atoms with van der Waals surface area (Å²) in [7, 11) is 0. The first kappa shape index (κ1) is 17.7. The fourth-order valence-corrected chi connectivity index (χ4v) is 3.94. The molecule has 1 aromatic rings. The molecule has 0 saturated heterocycles. The molecule has 2 atom stereocenters. The van der Waals surface area contributed by atoms with Crippen LogP contribution in [0, 0.1) is 22.0 Å². The lowest BCUT2D eigenvalue weighted by Crippen LogP contribution is -2.54. The van der Waals surface area contributed by atoms with Crippen LogP contribution >= 0.6 is 12.4 Å². The highest BCUT2D eigenvalue weighted by Gasteiger charge is 2.39. The van der Waals surface area contributed by atoms with Crippen molar-refractivity contribution in [1.29, 1.82) is 0 Å². The molecular formula is C14H22ClN5O3. The Kier molecular flexibility index (Phi) is 5.59. The number of nitro groups is 1. The van der Waals surface area contributed by atoms with E-state index < -0.39 is 4.92 Å². The lowest BCUT2D eigenvalue weighted by molar-refractivity contribution is -0.389. The summed E-state index contributed by atoms with van der Waals surface area (Å²) in [6.07, 6.45) is 6.82. The van der Waals surface area contributed by atoms with Gasteiger partial charge >= 0.3 is 5.82 Å². The molecule has 8 nitrogen and oxygen atoms in total. The van der Waals surface area contributed by atoms with Crippen LogP contribution in [0.4, 0.5) is 5.82 Å². The Hall–Kier alpha value is -1.67. The molecule has 2 bridgehead atoms. The van der Waals surface area contributed by atoms with E-state index in [0.717, 1.165) is 25.7 Å². The Morgan fingerprint density at radius 3 is 2.65 bits per heavy atom. The van der Waals surface area contributed by atoms with E-state index in [-0.39, 0.29) is 42.8 Å². The number of fused-ring (bicyclic) bond motifs is 2.